The summed E-state index contributed by atoms with van der Waals surface area (Å²) in [5, 5.41) is 4.32. The minimum atomic E-state index is -1.27. The van der Waals surface area contributed by atoms with E-state index in [2.05, 4.69) is 9.89 Å². The Bertz CT molecular complexity index is 1310. The minimum Gasteiger partial charge on any atom is -0.496 e. The lowest BCUT2D eigenvalue weighted by Crippen LogP contribution is -2.18. The summed E-state index contributed by atoms with van der Waals surface area (Å²) in [4.78, 5) is 23.9. The Labute approximate surface area is 180 Å². The molecule has 9 nitrogen and oxygen atoms in total. The smallest absolute Gasteiger partial charge is 0.412 e. The summed E-state index contributed by atoms with van der Waals surface area (Å²) in [6.07, 6.45) is -1.27. The van der Waals surface area contributed by atoms with Crippen molar-refractivity contribution in [2.75, 3.05) is 14.2 Å². The van der Waals surface area contributed by atoms with E-state index in [0.29, 0.717) is 33.7 Å². The fourth-order valence-corrected chi connectivity index (χ4v) is 3.29. The number of carbonyl (C=O) groups excluding carboxylic acids is 2. The summed E-state index contributed by atoms with van der Waals surface area (Å²) in [6, 6.07) is 10.1. The second-order valence-electron chi connectivity index (χ2n) is 6.68. The van der Waals surface area contributed by atoms with Gasteiger partial charge in [-0.2, -0.15) is 0 Å². The SMILES string of the molecule is COCc1cc(-c2cc3oc(-c4ccc(F)cc4)c(C(=O)OC(N)=O)c3cc2OC)no1. The highest BCUT2D eigenvalue weighted by atomic mass is 19.1. The third-order valence-electron chi connectivity index (χ3n) is 4.64. The van der Waals surface area contributed by atoms with Crippen molar-refractivity contribution < 1.29 is 37.1 Å². The number of rotatable bonds is 6. The summed E-state index contributed by atoms with van der Waals surface area (Å²) in [6.45, 7) is 0.232. The summed E-state index contributed by atoms with van der Waals surface area (Å²) < 4.78 is 39.7. The van der Waals surface area contributed by atoms with Crippen LogP contribution in [0.3, 0.4) is 0 Å². The molecule has 10 heteroatoms. The van der Waals surface area contributed by atoms with Gasteiger partial charge >= 0.3 is 12.1 Å². The number of esters is 1. The van der Waals surface area contributed by atoms with E-state index in [4.69, 9.17) is 24.1 Å². The Hall–Kier alpha value is -4.18. The van der Waals surface area contributed by atoms with Crippen molar-refractivity contribution in [3.63, 3.8) is 0 Å². The molecule has 4 aromatic rings. The summed E-state index contributed by atoms with van der Waals surface area (Å²) in [7, 11) is 2.98. The van der Waals surface area contributed by atoms with E-state index in [1.165, 1.54) is 38.5 Å². The molecule has 2 N–H and O–H groups in total. The minimum absolute atomic E-state index is 0.0597. The molecule has 0 aliphatic carbocycles. The number of halogens is 1. The quantitative estimate of drug-likeness (QED) is 0.348. The van der Waals surface area contributed by atoms with Crippen LogP contribution in [0.1, 0.15) is 16.1 Å². The van der Waals surface area contributed by atoms with Crippen LogP contribution in [0.25, 0.3) is 33.6 Å². The predicted molar refractivity (Wildman–Crippen MR) is 109 cm³/mol. The standard InChI is InChI=1S/C22H17FN2O7/c1-28-10-13-7-16(25-32-13)14-8-18-15(9-17(14)29-2)19(21(26)31-22(24)27)20(30-18)11-3-5-12(23)6-4-11/h3-9H,10H2,1-2H3,(H2,24,27). The number of fused-ring (bicyclic) bond motifs is 1. The zero-order valence-electron chi connectivity index (χ0n) is 17.0. The highest BCUT2D eigenvalue weighted by Crippen LogP contribution is 2.40. The molecular weight excluding hydrogens is 423 g/mol. The van der Waals surface area contributed by atoms with E-state index >= 15 is 0 Å². The average Bonchev–Trinajstić information content (AvgIpc) is 3.37. The fraction of sp³-hybridized carbons (Fsp3) is 0.136. The van der Waals surface area contributed by atoms with Gasteiger partial charge in [0, 0.05) is 29.7 Å². The van der Waals surface area contributed by atoms with E-state index in [0.717, 1.165) is 0 Å². The normalized spacial score (nSPS) is 11.0. The Morgan fingerprint density at radius 1 is 1.12 bits per heavy atom. The van der Waals surface area contributed by atoms with E-state index in [1.54, 1.807) is 18.2 Å². The number of hydrogen-bond donors (Lipinski definition) is 1. The fourth-order valence-electron chi connectivity index (χ4n) is 3.29. The number of nitrogens with two attached hydrogens (primary N) is 1. The maximum Gasteiger partial charge on any atom is 0.412 e. The second-order valence-corrected chi connectivity index (χ2v) is 6.68. The van der Waals surface area contributed by atoms with E-state index < -0.39 is 17.9 Å². The van der Waals surface area contributed by atoms with Crippen molar-refractivity contribution in [2.45, 2.75) is 6.61 Å². The van der Waals surface area contributed by atoms with Gasteiger partial charge < -0.3 is 28.9 Å². The van der Waals surface area contributed by atoms with Crippen molar-refractivity contribution in [1.29, 1.82) is 0 Å². The van der Waals surface area contributed by atoms with Crippen LogP contribution >= 0.6 is 0 Å². The topological polar surface area (TPSA) is 127 Å². The molecule has 0 spiro atoms. The van der Waals surface area contributed by atoms with Crippen molar-refractivity contribution in [2.24, 2.45) is 5.73 Å². The van der Waals surface area contributed by atoms with Crippen LogP contribution in [-0.2, 0) is 16.1 Å². The van der Waals surface area contributed by atoms with Gasteiger partial charge in [0.15, 0.2) is 5.76 Å². The lowest BCUT2D eigenvalue weighted by atomic mass is 10.0. The number of furan rings is 1. The molecule has 0 unspecified atom stereocenters. The maximum absolute atomic E-state index is 13.4. The molecule has 1 amide bonds. The maximum atomic E-state index is 13.4. The molecule has 164 valence electrons. The van der Waals surface area contributed by atoms with Crippen LogP contribution in [-0.4, -0.2) is 31.4 Å². The number of hydrogen-bond acceptors (Lipinski definition) is 8. The molecule has 4 rings (SSSR count). The summed E-state index contributed by atoms with van der Waals surface area (Å²) >= 11 is 0. The molecule has 2 aromatic heterocycles. The third kappa shape index (κ3) is 3.91. The zero-order valence-corrected chi connectivity index (χ0v) is 17.0. The van der Waals surface area contributed by atoms with Gasteiger partial charge in [-0.3, -0.25) is 0 Å². The van der Waals surface area contributed by atoms with Gasteiger partial charge in [-0.1, -0.05) is 5.16 Å². The zero-order chi connectivity index (χ0) is 22.8. The summed E-state index contributed by atoms with van der Waals surface area (Å²) in [5.74, 6) is -0.552. The lowest BCUT2D eigenvalue weighted by molar-refractivity contribution is 0.0640. The number of methoxy groups -OCH3 is 2. The van der Waals surface area contributed by atoms with Gasteiger partial charge in [0.25, 0.3) is 0 Å². The molecule has 32 heavy (non-hydrogen) atoms. The molecule has 0 radical (unpaired) electrons. The van der Waals surface area contributed by atoms with Gasteiger partial charge in [-0.05, 0) is 36.4 Å². The monoisotopic (exact) mass is 440 g/mol. The highest BCUT2D eigenvalue weighted by molar-refractivity contribution is 6.12. The molecule has 2 heterocycles. The van der Waals surface area contributed by atoms with Crippen LogP contribution in [0.4, 0.5) is 9.18 Å². The molecule has 2 aromatic carbocycles. The highest BCUT2D eigenvalue weighted by Gasteiger charge is 2.27. The molecule has 0 atom stereocenters. The van der Waals surface area contributed by atoms with Crippen LogP contribution in [0, 0.1) is 5.82 Å². The van der Waals surface area contributed by atoms with Crippen LogP contribution in [0.2, 0.25) is 0 Å². The Kier molecular flexibility index (Phi) is 5.61. The van der Waals surface area contributed by atoms with E-state index in [9.17, 15) is 14.0 Å². The van der Waals surface area contributed by atoms with Crippen LogP contribution < -0.4 is 10.5 Å². The molecule has 0 saturated carbocycles. The largest absolute Gasteiger partial charge is 0.496 e. The predicted octanol–water partition coefficient (Wildman–Crippen LogP) is 4.28. The second kappa shape index (κ2) is 8.52. The first-order chi connectivity index (χ1) is 15.4. The van der Waals surface area contributed by atoms with Gasteiger partial charge in [-0.25, -0.2) is 14.0 Å². The molecule has 0 fully saturated rings. The Morgan fingerprint density at radius 2 is 1.88 bits per heavy atom. The average molecular weight is 440 g/mol. The molecule has 0 aliphatic rings. The Morgan fingerprint density at radius 3 is 2.53 bits per heavy atom. The van der Waals surface area contributed by atoms with Crippen molar-refractivity contribution in [3.05, 3.63) is 59.6 Å². The van der Waals surface area contributed by atoms with E-state index in [-0.39, 0.29) is 23.5 Å². The van der Waals surface area contributed by atoms with Gasteiger partial charge in [0.1, 0.15) is 40.8 Å². The van der Waals surface area contributed by atoms with Crippen molar-refractivity contribution >= 4 is 23.0 Å². The number of amides is 1. The first kappa shape index (κ1) is 21.1. The number of nitrogens with zero attached hydrogens (tertiary/aromatic N) is 1. The van der Waals surface area contributed by atoms with Gasteiger partial charge in [0.05, 0.1) is 7.11 Å². The van der Waals surface area contributed by atoms with E-state index in [1.807, 2.05) is 0 Å². The molecule has 0 aliphatic heterocycles. The van der Waals surface area contributed by atoms with Crippen molar-refractivity contribution in [1.82, 2.24) is 5.16 Å². The third-order valence-corrected chi connectivity index (χ3v) is 4.64. The first-order valence-electron chi connectivity index (χ1n) is 9.28. The van der Waals surface area contributed by atoms with Crippen molar-refractivity contribution in [3.8, 4) is 28.3 Å². The number of aromatic nitrogens is 1. The Balaban J connectivity index is 1.93. The number of primary amides is 1. The molecular formula is C22H17FN2O7. The summed E-state index contributed by atoms with van der Waals surface area (Å²) in [5.41, 5.74) is 6.61. The van der Waals surface area contributed by atoms with Crippen LogP contribution in [0.5, 0.6) is 5.75 Å². The molecule has 0 bridgehead atoms. The number of benzene rings is 2. The molecule has 0 saturated heterocycles. The number of ether oxygens (including phenoxy) is 3. The van der Waals surface area contributed by atoms with Gasteiger partial charge in [-0.15, -0.1) is 0 Å². The first-order valence-corrected chi connectivity index (χ1v) is 9.28. The van der Waals surface area contributed by atoms with Crippen LogP contribution in [0.15, 0.2) is 51.4 Å². The number of carbonyl (C=O) groups is 2. The lowest BCUT2D eigenvalue weighted by Gasteiger charge is -2.06. The van der Waals surface area contributed by atoms with Gasteiger partial charge in [0.2, 0.25) is 0 Å².